The molecule has 0 fully saturated rings. The van der Waals surface area contributed by atoms with E-state index in [0.29, 0.717) is 0 Å². The predicted molar refractivity (Wildman–Crippen MR) is 62.7 cm³/mol. The van der Waals surface area contributed by atoms with E-state index in [1.165, 1.54) is 11.1 Å². The van der Waals surface area contributed by atoms with Crippen molar-refractivity contribution in [3.05, 3.63) is 34.9 Å². The lowest BCUT2D eigenvalue weighted by molar-refractivity contribution is -0.120. The van der Waals surface area contributed by atoms with Crippen molar-refractivity contribution in [2.45, 2.75) is 33.2 Å². The Morgan fingerprint density at radius 2 is 2.12 bits per heavy atom. The summed E-state index contributed by atoms with van der Waals surface area (Å²) in [4.78, 5) is 11.2. The van der Waals surface area contributed by atoms with Crippen LogP contribution in [0.25, 0.3) is 0 Å². The minimum absolute atomic E-state index is 0.0554. The molecule has 84 valence electrons. The van der Waals surface area contributed by atoms with E-state index in [-0.39, 0.29) is 18.4 Å². The van der Waals surface area contributed by atoms with Crippen molar-refractivity contribution in [1.82, 2.24) is 5.32 Å². The third-order valence-electron chi connectivity index (χ3n) is 2.65. The number of carbonyl (C=O) groups excluding carboxylic acids is 1. The van der Waals surface area contributed by atoms with E-state index < -0.39 is 0 Å². The highest BCUT2D eigenvalue weighted by Crippen LogP contribution is 2.16. The standard InChI is InChI=1S/C13H16N2O/c1-9-4-5-12(8-10(9)2)11(3)15-13(16)6-7-14/h4-5,8,11H,6H2,1-3H3,(H,15,16)/t11-/m1/s1. The zero-order valence-electron chi connectivity index (χ0n) is 9.87. The average molecular weight is 216 g/mol. The summed E-state index contributed by atoms with van der Waals surface area (Å²) in [5, 5.41) is 11.2. The highest BCUT2D eigenvalue weighted by Gasteiger charge is 2.09. The van der Waals surface area contributed by atoms with Crippen LogP contribution in [0, 0.1) is 25.2 Å². The molecule has 0 aliphatic rings. The second-order valence-electron chi connectivity index (χ2n) is 3.97. The normalized spacial score (nSPS) is 11.6. The van der Waals surface area contributed by atoms with Crippen LogP contribution >= 0.6 is 0 Å². The second kappa shape index (κ2) is 5.32. The molecule has 1 N–H and O–H groups in total. The summed E-state index contributed by atoms with van der Waals surface area (Å²) in [6.07, 6.45) is -0.0881. The van der Waals surface area contributed by atoms with Crippen molar-refractivity contribution in [3.8, 4) is 6.07 Å². The third-order valence-corrected chi connectivity index (χ3v) is 2.65. The lowest BCUT2D eigenvalue weighted by Crippen LogP contribution is -2.25. The van der Waals surface area contributed by atoms with E-state index in [4.69, 9.17) is 5.26 Å². The Morgan fingerprint density at radius 3 is 2.69 bits per heavy atom. The molecular weight excluding hydrogens is 200 g/mol. The highest BCUT2D eigenvalue weighted by atomic mass is 16.1. The van der Waals surface area contributed by atoms with Crippen LogP contribution in [0.4, 0.5) is 0 Å². The number of carbonyl (C=O) groups is 1. The first-order valence-corrected chi connectivity index (χ1v) is 5.28. The summed E-state index contributed by atoms with van der Waals surface area (Å²) in [5.41, 5.74) is 3.51. The molecule has 0 spiro atoms. The minimum Gasteiger partial charge on any atom is -0.349 e. The Labute approximate surface area is 96.1 Å². The Hall–Kier alpha value is -1.82. The van der Waals surface area contributed by atoms with Crippen molar-refractivity contribution in [3.63, 3.8) is 0 Å². The van der Waals surface area contributed by atoms with Crippen LogP contribution in [0.3, 0.4) is 0 Å². The van der Waals surface area contributed by atoms with Crippen LogP contribution in [-0.2, 0) is 4.79 Å². The number of aryl methyl sites for hydroxylation is 2. The molecule has 1 amide bonds. The maximum atomic E-state index is 11.2. The Kier molecular flexibility index (Phi) is 4.07. The zero-order chi connectivity index (χ0) is 12.1. The second-order valence-corrected chi connectivity index (χ2v) is 3.97. The summed E-state index contributed by atoms with van der Waals surface area (Å²) in [6, 6.07) is 7.88. The van der Waals surface area contributed by atoms with E-state index in [2.05, 4.69) is 18.3 Å². The number of amides is 1. The van der Waals surface area contributed by atoms with Crippen molar-refractivity contribution < 1.29 is 4.79 Å². The summed E-state index contributed by atoms with van der Waals surface area (Å²) in [7, 11) is 0. The van der Waals surface area contributed by atoms with E-state index in [1.54, 1.807) is 0 Å². The number of rotatable bonds is 3. The maximum Gasteiger partial charge on any atom is 0.234 e. The Balaban J connectivity index is 2.74. The van der Waals surface area contributed by atoms with Crippen LogP contribution in [-0.4, -0.2) is 5.91 Å². The first kappa shape index (κ1) is 12.3. The summed E-state index contributed by atoms with van der Waals surface area (Å²) >= 11 is 0. The lowest BCUT2D eigenvalue weighted by Gasteiger charge is -2.14. The molecular formula is C13H16N2O. The molecule has 0 bridgehead atoms. The molecule has 16 heavy (non-hydrogen) atoms. The molecule has 0 saturated carbocycles. The molecule has 0 radical (unpaired) electrons. The van der Waals surface area contributed by atoms with Gasteiger partial charge in [0, 0.05) is 0 Å². The van der Waals surface area contributed by atoms with Gasteiger partial charge in [-0.25, -0.2) is 0 Å². The molecule has 3 heteroatoms. The monoisotopic (exact) mass is 216 g/mol. The molecule has 1 atom stereocenters. The van der Waals surface area contributed by atoms with Crippen LogP contribution in [0.5, 0.6) is 0 Å². The third kappa shape index (κ3) is 3.09. The SMILES string of the molecule is Cc1ccc([C@@H](C)NC(=O)CC#N)cc1C. The van der Waals surface area contributed by atoms with Gasteiger partial charge in [-0.2, -0.15) is 5.26 Å². The van der Waals surface area contributed by atoms with Crippen LogP contribution in [0.2, 0.25) is 0 Å². The Bertz CT molecular complexity index is 432. The van der Waals surface area contributed by atoms with Gasteiger partial charge in [0.25, 0.3) is 0 Å². The lowest BCUT2D eigenvalue weighted by atomic mass is 10.0. The fourth-order valence-electron chi connectivity index (χ4n) is 1.48. The molecule has 0 unspecified atom stereocenters. The number of nitrogens with one attached hydrogen (secondary N) is 1. The first-order chi connectivity index (χ1) is 7.54. The quantitative estimate of drug-likeness (QED) is 0.843. The predicted octanol–water partition coefficient (Wildman–Crippen LogP) is 2.39. The van der Waals surface area contributed by atoms with Crippen LogP contribution in [0.15, 0.2) is 18.2 Å². The van der Waals surface area contributed by atoms with Gasteiger partial charge in [-0.15, -0.1) is 0 Å². The van der Waals surface area contributed by atoms with Gasteiger partial charge in [0.1, 0.15) is 6.42 Å². The summed E-state index contributed by atoms with van der Waals surface area (Å²) < 4.78 is 0. The number of hydrogen-bond donors (Lipinski definition) is 1. The Morgan fingerprint density at radius 1 is 1.44 bits per heavy atom. The molecule has 1 aromatic carbocycles. The number of nitrogens with zero attached hydrogens (tertiary/aromatic N) is 1. The fraction of sp³-hybridized carbons (Fsp3) is 0.385. The molecule has 3 nitrogen and oxygen atoms in total. The number of hydrogen-bond acceptors (Lipinski definition) is 2. The van der Waals surface area contributed by atoms with E-state index in [1.807, 2.05) is 32.0 Å². The van der Waals surface area contributed by atoms with Gasteiger partial charge in [-0.05, 0) is 37.5 Å². The fourth-order valence-corrected chi connectivity index (χ4v) is 1.48. The maximum absolute atomic E-state index is 11.2. The summed E-state index contributed by atoms with van der Waals surface area (Å²) in [5.74, 6) is -0.228. The van der Waals surface area contributed by atoms with Gasteiger partial charge in [-0.1, -0.05) is 18.2 Å². The van der Waals surface area contributed by atoms with E-state index in [9.17, 15) is 4.79 Å². The van der Waals surface area contributed by atoms with Gasteiger partial charge < -0.3 is 5.32 Å². The van der Waals surface area contributed by atoms with Gasteiger partial charge >= 0.3 is 0 Å². The van der Waals surface area contributed by atoms with Crippen molar-refractivity contribution in [2.75, 3.05) is 0 Å². The molecule has 0 aliphatic carbocycles. The zero-order valence-corrected chi connectivity index (χ0v) is 9.87. The van der Waals surface area contributed by atoms with Crippen molar-refractivity contribution in [2.24, 2.45) is 0 Å². The molecule has 0 heterocycles. The van der Waals surface area contributed by atoms with Crippen molar-refractivity contribution in [1.29, 1.82) is 5.26 Å². The number of nitriles is 1. The van der Waals surface area contributed by atoms with Gasteiger partial charge in [0.05, 0.1) is 12.1 Å². The first-order valence-electron chi connectivity index (χ1n) is 5.28. The molecule has 1 rings (SSSR count). The van der Waals surface area contributed by atoms with Crippen molar-refractivity contribution >= 4 is 5.91 Å². The molecule has 0 saturated heterocycles. The molecule has 0 aromatic heterocycles. The molecule has 1 aromatic rings. The van der Waals surface area contributed by atoms with Gasteiger partial charge in [0.15, 0.2) is 0 Å². The summed E-state index contributed by atoms with van der Waals surface area (Å²) in [6.45, 7) is 6.01. The van der Waals surface area contributed by atoms with Gasteiger partial charge in [-0.3, -0.25) is 4.79 Å². The van der Waals surface area contributed by atoms with Crippen LogP contribution in [0.1, 0.15) is 36.1 Å². The molecule has 0 aliphatic heterocycles. The van der Waals surface area contributed by atoms with Gasteiger partial charge in [0.2, 0.25) is 5.91 Å². The average Bonchev–Trinajstić information content (AvgIpc) is 2.22. The highest BCUT2D eigenvalue weighted by molar-refractivity contribution is 5.78. The number of benzene rings is 1. The largest absolute Gasteiger partial charge is 0.349 e. The minimum atomic E-state index is -0.228. The van der Waals surface area contributed by atoms with E-state index >= 15 is 0 Å². The topological polar surface area (TPSA) is 52.9 Å². The van der Waals surface area contributed by atoms with E-state index in [0.717, 1.165) is 5.56 Å². The van der Waals surface area contributed by atoms with Crippen LogP contribution < -0.4 is 5.32 Å². The smallest absolute Gasteiger partial charge is 0.234 e.